The number of unbranched alkanes of at least 4 members (excludes halogenated alkanes) is 9. The molecule has 26 heteroatoms. The van der Waals surface area contributed by atoms with Gasteiger partial charge in [-0.15, -0.1) is 0 Å². The van der Waals surface area contributed by atoms with Gasteiger partial charge in [0.1, 0.15) is 81.9 Å². The van der Waals surface area contributed by atoms with Gasteiger partial charge in [-0.1, -0.05) is 110 Å². The van der Waals surface area contributed by atoms with Gasteiger partial charge in [0.05, 0.1) is 12.5 Å². The number of aromatic nitrogens is 3. The van der Waals surface area contributed by atoms with Crippen molar-refractivity contribution in [2.75, 3.05) is 19.7 Å². The number of carbonyl (C=O) groups excluding carboxylic acids is 19. The van der Waals surface area contributed by atoms with Gasteiger partial charge in [-0.05, 0) is 231 Å². The minimum atomic E-state index is -0.466. The Balaban J connectivity index is -0.000000658. The number of carbonyl (C=O) groups is 19. The van der Waals surface area contributed by atoms with Gasteiger partial charge in [-0.2, -0.15) is 0 Å². The van der Waals surface area contributed by atoms with Crippen LogP contribution in [0.3, 0.4) is 0 Å². The van der Waals surface area contributed by atoms with E-state index in [9.17, 15) is 91.1 Å². The Bertz CT molecular complexity index is 3650. The number of nitrogens with one attached hydrogen (secondary N) is 3. The highest BCUT2D eigenvalue weighted by molar-refractivity contribution is 6.07. The fourth-order valence-electron chi connectivity index (χ4n) is 14.3. The Morgan fingerprint density at radius 2 is 0.732 bits per heavy atom. The van der Waals surface area contributed by atoms with Gasteiger partial charge in [0.15, 0.2) is 28.9 Å². The predicted octanol–water partition coefficient (Wildman–Crippen LogP) is 17.6. The molecule has 2 saturated carbocycles. The van der Waals surface area contributed by atoms with Crippen LogP contribution in [0.5, 0.6) is 0 Å². The van der Waals surface area contributed by atoms with E-state index in [4.69, 9.17) is 4.74 Å². The molecule has 7 atom stereocenters. The van der Waals surface area contributed by atoms with Gasteiger partial charge >= 0.3 is 5.97 Å². The molecule has 2 fully saturated rings. The first-order valence-electron chi connectivity index (χ1n) is 43.4. The number of Topliss-reactive ketones (excluding diaryl/α,β-unsaturated/α-hetero) is 15. The Kier molecular flexibility index (Phi) is 65.1. The molecule has 2 aliphatic rings. The monoisotopic (exact) mass is 1720 g/mol. The van der Waals surface area contributed by atoms with Crippen LogP contribution in [0.4, 0.5) is 0 Å². The van der Waals surface area contributed by atoms with Crippen LogP contribution in [0, 0.1) is 61.2 Å². The van der Waals surface area contributed by atoms with Crippen LogP contribution in [0.1, 0.15) is 395 Å². The van der Waals surface area contributed by atoms with Crippen LogP contribution in [0.2, 0.25) is 0 Å². The summed E-state index contributed by atoms with van der Waals surface area (Å²) in [6, 6.07) is 11.6. The summed E-state index contributed by atoms with van der Waals surface area (Å²) >= 11 is 0. The van der Waals surface area contributed by atoms with Crippen LogP contribution >= 0.6 is 0 Å². The van der Waals surface area contributed by atoms with Crippen LogP contribution in [-0.4, -0.2) is 151 Å². The van der Waals surface area contributed by atoms with Crippen molar-refractivity contribution in [1.29, 1.82) is 0 Å². The van der Waals surface area contributed by atoms with Gasteiger partial charge in [-0.3, -0.25) is 62.3 Å². The number of hydrogen-bond donors (Lipinski definition) is 3. The van der Waals surface area contributed by atoms with E-state index in [-0.39, 0.29) is 141 Å². The normalized spacial score (nSPS) is 16.3. The second kappa shape index (κ2) is 66.9. The smallest absolute Gasteiger partial charge is 0.309 e. The second-order valence-electron chi connectivity index (χ2n) is 33.8. The van der Waals surface area contributed by atoms with E-state index < -0.39 is 35.6 Å². The molecule has 123 heavy (non-hydrogen) atoms. The first-order valence-corrected chi connectivity index (χ1v) is 43.4. The summed E-state index contributed by atoms with van der Waals surface area (Å²) in [6.07, 6.45) is 22.7. The van der Waals surface area contributed by atoms with Crippen molar-refractivity contribution in [3.05, 3.63) is 87.8 Å². The van der Waals surface area contributed by atoms with Crippen molar-refractivity contribution in [2.45, 2.75) is 353 Å². The first kappa shape index (κ1) is 120. The zero-order valence-corrected chi connectivity index (χ0v) is 79.5. The average Bonchev–Trinajstić information content (AvgIpc) is 0.803. The molecule has 3 N–H and O–H groups in total. The molecule has 1 aromatic heterocycles. The van der Waals surface area contributed by atoms with Crippen molar-refractivity contribution in [3.63, 3.8) is 0 Å². The van der Waals surface area contributed by atoms with E-state index in [1.54, 1.807) is 58.9 Å². The van der Waals surface area contributed by atoms with E-state index >= 15 is 0 Å². The Morgan fingerprint density at radius 3 is 1.04 bits per heavy atom. The third-order valence-electron chi connectivity index (χ3n) is 20.1. The number of nitrogens with zero attached hydrogens (tertiary/aromatic N) is 3. The summed E-state index contributed by atoms with van der Waals surface area (Å²) in [5, 5.41) is 8.34. The number of ether oxygens (including phenoxy) is 1. The maximum absolute atomic E-state index is 11.9. The lowest BCUT2D eigenvalue weighted by atomic mass is 9.61. The fourth-order valence-corrected chi connectivity index (χ4v) is 14.3. The highest BCUT2D eigenvalue weighted by atomic mass is 16.5. The van der Waals surface area contributed by atoms with E-state index in [0.29, 0.717) is 92.0 Å². The molecule has 0 spiro atoms. The summed E-state index contributed by atoms with van der Waals surface area (Å²) in [6.45, 7) is 44.8. The van der Waals surface area contributed by atoms with Crippen LogP contribution in [0.15, 0.2) is 42.5 Å². The maximum atomic E-state index is 11.9. The van der Waals surface area contributed by atoms with E-state index in [1.807, 2.05) is 20.8 Å². The quantitative estimate of drug-likeness (QED) is 0.0270. The van der Waals surface area contributed by atoms with Crippen molar-refractivity contribution in [3.8, 4) is 0 Å². The zero-order chi connectivity index (χ0) is 95.5. The molecule has 690 valence electrons. The fraction of sp³-hybridized carbons (Fsp3) is 0.649. The predicted molar refractivity (Wildman–Crippen MR) is 480 cm³/mol. The average molecular weight is 1720 g/mol. The van der Waals surface area contributed by atoms with Crippen molar-refractivity contribution in [2.24, 2.45) is 40.4 Å². The van der Waals surface area contributed by atoms with Gasteiger partial charge < -0.3 is 49.5 Å². The third kappa shape index (κ3) is 63.9. The number of ketones is 15. The third-order valence-corrected chi connectivity index (χ3v) is 20.1. The first-order chi connectivity index (χ1) is 57.1. The number of aryl methyl sites for hydroxylation is 3. The molecule has 0 bridgehead atoms. The minimum absolute atomic E-state index is 0.0431. The molecule has 0 aliphatic heterocycles. The molecule has 26 nitrogen and oxygen atoms in total. The van der Waals surface area contributed by atoms with Gasteiger partial charge in [0.2, 0.25) is 17.7 Å². The second-order valence-corrected chi connectivity index (χ2v) is 33.8. The lowest BCUT2D eigenvalue weighted by molar-refractivity contribution is -0.150. The number of benzene rings is 2. The molecular weight excluding hydrogens is 1570 g/mol. The topological polar surface area (TPSA) is 408 Å². The van der Waals surface area contributed by atoms with E-state index in [0.717, 1.165) is 94.6 Å². The van der Waals surface area contributed by atoms with Gasteiger partial charge in [0.25, 0.3) is 0 Å². The largest absolute Gasteiger partial charge is 0.464 e. The molecule has 1 heterocycles. The van der Waals surface area contributed by atoms with Crippen LogP contribution < -0.4 is 16.0 Å². The lowest BCUT2D eigenvalue weighted by Crippen LogP contribution is -2.46. The molecule has 7 unspecified atom stereocenters. The number of amides is 3. The Morgan fingerprint density at radius 1 is 0.398 bits per heavy atom. The Hall–Kier alpha value is -9.62. The summed E-state index contributed by atoms with van der Waals surface area (Å²) in [5.41, 5.74) is 2.60. The van der Waals surface area contributed by atoms with E-state index in [1.165, 1.54) is 134 Å². The highest BCUT2D eigenvalue weighted by Crippen LogP contribution is 2.48. The minimum Gasteiger partial charge on any atom is -0.464 e. The molecular formula is C97H152N6O20. The van der Waals surface area contributed by atoms with Crippen LogP contribution in [-0.2, 0) is 71.9 Å². The molecule has 0 saturated heterocycles. The summed E-state index contributed by atoms with van der Waals surface area (Å²) in [4.78, 5) is 223. The SMILES string of the molecule is CC(=O)C1CC(C(C)=O)C(C(C)=O)CC1C(C)=O.CC(=O)CCC1(C)CC(NC(C)=O)CC(C)(C)C1.CC(=O)CCCCC(C)=O.CC(=O)CCCCC(CC(C)=O)C(=O)OCCNC(C)=O.CC(=O)CCCCCCCNC(C)=O.CC(=O)c1cc(C(C)=O)cc(C(C)=O)c1.CC(=O)c1ccccc1C(C)=O.CCCCCC.Cc1nc(C)nc(C)n1. The summed E-state index contributed by atoms with van der Waals surface area (Å²) in [7, 11) is 0. The standard InChI is InChI=1S/C15H25NO5.C15H27NO2.C14H20O4.C12H12O3.C11H21NO2.C10H10O2.C8H14O2.C6H9N3.C6H14/c1-11(17)6-4-5-7-14(10-12(2)18)15(20)21-9-8-16-13(3)19;1-11(17)6-7-15(5)9-13(16-12(2)18)8-14(3,4)10-15;1-7(15)11-5-13(9(3)17)14(10(4)18)6-12(11)8(2)16;1-7(13)10-4-11(8(2)14)6-12(5-10)9(3)15;1-10(13)8-6-4-3-5-7-9-12-11(2)14;1-7(11)9-5-3-4-6-10(9)8(2)12;1-7(9)5-3-4-6-8(2)10;1-4-7-5(2)9-6(3)8-4;1-3-5-6-4-2/h14H,4-10H2,1-3H3,(H,16,19);13H,6-10H2,1-5H3,(H,16,18);11-14H,5-6H2,1-4H3;4-6H,1-3H3;3-9H2,1-2H3,(H,12,14);3-6H,1-2H3;3-6H2,1-2H3;1-3H3;3-6H2,1-2H3. The zero-order valence-electron chi connectivity index (χ0n) is 79.5. The summed E-state index contributed by atoms with van der Waals surface area (Å²) < 4.78 is 5.06. The van der Waals surface area contributed by atoms with E-state index in [2.05, 4.69) is 65.5 Å². The lowest BCUT2D eigenvalue weighted by Gasteiger charge is -2.47. The maximum Gasteiger partial charge on any atom is 0.309 e. The molecule has 3 amide bonds. The van der Waals surface area contributed by atoms with Crippen LogP contribution in [0.25, 0.3) is 0 Å². The molecule has 2 aliphatic carbocycles. The van der Waals surface area contributed by atoms with Crippen molar-refractivity contribution in [1.82, 2.24) is 30.9 Å². The van der Waals surface area contributed by atoms with Gasteiger partial charge in [-0.25, -0.2) is 15.0 Å². The summed E-state index contributed by atoms with van der Waals surface area (Å²) in [5.74, 6) is -0.0819. The molecule has 3 aromatic rings. The Labute approximate surface area is 734 Å². The number of rotatable bonds is 40. The number of esters is 1. The highest BCUT2D eigenvalue weighted by Gasteiger charge is 2.45. The number of hydrogen-bond acceptors (Lipinski definition) is 23. The van der Waals surface area contributed by atoms with Gasteiger partial charge in [0, 0.05) is 123 Å². The molecule has 0 radical (unpaired) electrons. The molecule has 5 rings (SSSR count). The van der Waals surface area contributed by atoms with Crippen molar-refractivity contribution >= 4 is 110 Å². The molecule has 2 aromatic carbocycles. The van der Waals surface area contributed by atoms with Crippen molar-refractivity contribution < 1.29 is 95.8 Å².